The Balaban J connectivity index is 1.41. The van der Waals surface area contributed by atoms with E-state index in [1.54, 1.807) is 0 Å². The summed E-state index contributed by atoms with van der Waals surface area (Å²) in [6, 6.07) is 19.3. The summed E-state index contributed by atoms with van der Waals surface area (Å²) in [7, 11) is -1.86. The fourth-order valence-electron chi connectivity index (χ4n) is 4.92. The van der Waals surface area contributed by atoms with Crippen molar-refractivity contribution >= 4 is 21.3 Å². The molecule has 1 aliphatic carbocycles. The van der Waals surface area contributed by atoms with Crippen LogP contribution in [0, 0.1) is 0 Å². The number of anilines is 2. The van der Waals surface area contributed by atoms with Crippen LogP contribution in [0.2, 0.25) is 0 Å². The quantitative estimate of drug-likeness (QED) is 0.473. The molecule has 2 aliphatic rings. The Bertz CT molecular complexity index is 1340. The molecule has 0 radical (unpaired) electrons. The second kappa shape index (κ2) is 9.88. The van der Waals surface area contributed by atoms with Gasteiger partial charge in [0.05, 0.1) is 22.7 Å². The van der Waals surface area contributed by atoms with E-state index in [9.17, 15) is 22.5 Å². The van der Waals surface area contributed by atoms with Gasteiger partial charge in [0.25, 0.3) is 0 Å². The lowest BCUT2D eigenvalue weighted by Crippen LogP contribution is -2.47. The summed E-state index contributed by atoms with van der Waals surface area (Å²) in [4.78, 5) is 2.28. The topological polar surface area (TPSA) is 83.4 Å². The lowest BCUT2D eigenvalue weighted by atomic mass is 10.1. The second-order valence-electron chi connectivity index (χ2n) is 8.84. The van der Waals surface area contributed by atoms with Crippen LogP contribution in [0.3, 0.4) is 0 Å². The van der Waals surface area contributed by atoms with E-state index >= 15 is 0 Å². The zero-order valence-corrected chi connectivity index (χ0v) is 20.7. The maximum atomic E-state index is 13.7. The van der Waals surface area contributed by atoms with Crippen LogP contribution in [-0.2, 0) is 16.5 Å². The van der Waals surface area contributed by atoms with Gasteiger partial charge in [0.2, 0.25) is 0 Å². The number of aliphatic hydroxyl groups is 1. The predicted octanol–water partition coefficient (Wildman–Crippen LogP) is 5.17. The van der Waals surface area contributed by atoms with Gasteiger partial charge in [-0.1, -0.05) is 30.3 Å². The van der Waals surface area contributed by atoms with Crippen molar-refractivity contribution in [3.05, 3.63) is 78.4 Å². The molecule has 0 bridgehead atoms. The van der Waals surface area contributed by atoms with E-state index in [0.29, 0.717) is 25.2 Å². The number of hydrogen-bond acceptors (Lipinski definition) is 6. The van der Waals surface area contributed by atoms with Gasteiger partial charge >= 0.3 is 6.36 Å². The Morgan fingerprint density at radius 2 is 1.70 bits per heavy atom. The average Bonchev–Trinajstić information content (AvgIpc) is 3.13. The summed E-state index contributed by atoms with van der Waals surface area (Å²) in [6.07, 6.45) is -4.64. The fourth-order valence-corrected chi connectivity index (χ4v) is 6.54. The van der Waals surface area contributed by atoms with Gasteiger partial charge in [-0.25, -0.2) is 13.3 Å². The Morgan fingerprint density at radius 1 is 1.03 bits per heavy atom. The van der Waals surface area contributed by atoms with Crippen molar-refractivity contribution in [2.75, 3.05) is 11.9 Å². The summed E-state index contributed by atoms with van der Waals surface area (Å²) in [5.74, 6) is 0.284. The molecule has 2 N–H and O–H groups in total. The van der Waals surface area contributed by atoms with E-state index in [1.807, 2.05) is 48.5 Å². The van der Waals surface area contributed by atoms with E-state index in [1.165, 1.54) is 19.2 Å². The molecule has 0 aromatic heterocycles. The number of hydrogen-bond donors (Lipinski definition) is 2. The molecule has 7 nitrogen and oxygen atoms in total. The monoisotopic (exact) mass is 533 g/mol. The maximum absolute atomic E-state index is 13.7. The number of fused-ring (bicyclic) bond motifs is 2. The number of para-hydroxylation sites is 3. The van der Waals surface area contributed by atoms with Crippen molar-refractivity contribution < 1.29 is 32.0 Å². The molecule has 1 fully saturated rings. The minimum Gasteiger partial charge on any atom is -0.487 e. The number of nitrogens with one attached hydrogen (secondary N) is 1. The van der Waals surface area contributed by atoms with E-state index in [2.05, 4.69) is 18.7 Å². The third kappa shape index (κ3) is 5.11. The van der Waals surface area contributed by atoms with Gasteiger partial charge in [-0.3, -0.25) is 0 Å². The molecule has 0 spiro atoms. The van der Waals surface area contributed by atoms with Gasteiger partial charge in [-0.15, -0.1) is 13.2 Å². The highest BCUT2D eigenvalue weighted by molar-refractivity contribution is 7.91. The molecule has 3 aromatic carbocycles. The molecule has 1 aliphatic heterocycles. The number of benzene rings is 3. The number of halogens is 3. The minimum absolute atomic E-state index is 0.194. The van der Waals surface area contributed by atoms with Crippen LogP contribution in [0.5, 0.6) is 11.5 Å². The zero-order valence-electron chi connectivity index (χ0n) is 19.9. The molecule has 4 unspecified atom stereocenters. The highest BCUT2D eigenvalue weighted by Gasteiger charge is 2.42. The van der Waals surface area contributed by atoms with E-state index < -0.39 is 34.2 Å². The summed E-state index contributed by atoms with van der Waals surface area (Å²) < 4.78 is 68.2. The summed E-state index contributed by atoms with van der Waals surface area (Å²) in [5, 5.41) is 11.5. The summed E-state index contributed by atoms with van der Waals surface area (Å²) in [6.45, 7) is 0.394. The smallest absolute Gasteiger partial charge is 0.487 e. The SMILES string of the molecule is CN=S(=O)(NC1CCC(N2c3ccccc3COc3ccccc32)C1O)c1ccc(OC(F)(F)F)cc1. The molecular formula is C26H26F3N3O4S. The van der Waals surface area contributed by atoms with Crippen molar-refractivity contribution in [3.8, 4) is 11.5 Å². The zero-order chi connectivity index (χ0) is 26.2. The van der Waals surface area contributed by atoms with Crippen LogP contribution < -0.4 is 19.1 Å². The largest absolute Gasteiger partial charge is 0.573 e. The standard InChI is InChI=1S/C26H26F3N3O4S/c1-30-37(34,19-12-10-18(11-13-19)36-26(27,28)29)31-20-14-15-23(25(20)33)32-21-7-3-2-6-17(21)16-35-24-9-5-4-8-22(24)32/h2-13,20,23,25,33H,14-16H2,1H3,(H,30,31,34). The lowest BCUT2D eigenvalue weighted by molar-refractivity contribution is -0.274. The van der Waals surface area contributed by atoms with E-state index in [4.69, 9.17) is 4.74 Å². The van der Waals surface area contributed by atoms with Crippen molar-refractivity contribution in [1.29, 1.82) is 0 Å². The van der Waals surface area contributed by atoms with Gasteiger partial charge in [0.15, 0.2) is 0 Å². The minimum atomic E-state index is -4.82. The third-order valence-electron chi connectivity index (χ3n) is 6.62. The predicted molar refractivity (Wildman–Crippen MR) is 133 cm³/mol. The first-order valence-electron chi connectivity index (χ1n) is 11.7. The van der Waals surface area contributed by atoms with Gasteiger partial charge in [0.1, 0.15) is 28.0 Å². The first kappa shape index (κ1) is 25.4. The first-order chi connectivity index (χ1) is 17.7. The van der Waals surface area contributed by atoms with E-state index in [-0.39, 0.29) is 10.9 Å². The van der Waals surface area contributed by atoms with Crippen molar-refractivity contribution in [1.82, 2.24) is 4.72 Å². The molecule has 196 valence electrons. The molecule has 37 heavy (non-hydrogen) atoms. The van der Waals surface area contributed by atoms with Gasteiger partial charge in [0, 0.05) is 24.3 Å². The number of nitrogens with zero attached hydrogens (tertiary/aromatic N) is 2. The van der Waals surface area contributed by atoms with Crippen molar-refractivity contribution in [3.63, 3.8) is 0 Å². The molecule has 11 heteroatoms. The molecule has 3 aromatic rings. The van der Waals surface area contributed by atoms with Crippen LogP contribution in [-0.4, -0.2) is 40.9 Å². The maximum Gasteiger partial charge on any atom is 0.573 e. The highest BCUT2D eigenvalue weighted by atomic mass is 32.2. The lowest BCUT2D eigenvalue weighted by Gasteiger charge is -2.34. The second-order valence-corrected chi connectivity index (χ2v) is 11.0. The van der Waals surface area contributed by atoms with Crippen LogP contribution in [0.1, 0.15) is 18.4 Å². The van der Waals surface area contributed by atoms with Crippen LogP contribution in [0.15, 0.2) is 82.1 Å². The Labute approximate surface area is 213 Å². The highest BCUT2D eigenvalue weighted by Crippen LogP contribution is 2.44. The first-order valence-corrected chi connectivity index (χ1v) is 13.3. The molecule has 0 saturated heterocycles. The molecule has 1 heterocycles. The average molecular weight is 534 g/mol. The van der Waals surface area contributed by atoms with Crippen LogP contribution in [0.4, 0.5) is 24.5 Å². The van der Waals surface area contributed by atoms with Crippen LogP contribution in [0.25, 0.3) is 0 Å². The Kier molecular flexibility index (Phi) is 6.78. The van der Waals surface area contributed by atoms with E-state index in [0.717, 1.165) is 29.1 Å². The summed E-state index contributed by atoms with van der Waals surface area (Å²) in [5.41, 5.74) is 2.74. The molecule has 5 rings (SSSR count). The number of rotatable bonds is 5. The molecule has 0 amide bonds. The normalized spacial score (nSPS) is 22.7. The number of aliphatic hydroxyl groups excluding tert-OH is 1. The molecule has 1 saturated carbocycles. The van der Waals surface area contributed by atoms with Crippen molar-refractivity contribution in [2.45, 2.75) is 48.9 Å². The Hall–Kier alpha value is -3.28. The fraction of sp³-hybridized carbons (Fsp3) is 0.308. The molecule has 4 atom stereocenters. The number of alkyl halides is 3. The van der Waals surface area contributed by atoms with Gasteiger partial charge in [-0.2, -0.15) is 0 Å². The van der Waals surface area contributed by atoms with Gasteiger partial charge < -0.3 is 19.5 Å². The molecular weight excluding hydrogens is 507 g/mol. The van der Waals surface area contributed by atoms with Gasteiger partial charge in [-0.05, 0) is 55.3 Å². The van der Waals surface area contributed by atoms with Crippen LogP contribution >= 0.6 is 0 Å². The van der Waals surface area contributed by atoms with Crippen molar-refractivity contribution in [2.24, 2.45) is 4.36 Å². The Morgan fingerprint density at radius 3 is 2.41 bits per heavy atom. The number of ether oxygens (including phenoxy) is 2. The third-order valence-corrected chi connectivity index (χ3v) is 8.66. The summed E-state index contributed by atoms with van der Waals surface area (Å²) >= 11 is 0.